The Morgan fingerprint density at radius 2 is 1.00 bits per heavy atom. The molecule has 0 aromatic rings. The molecule has 0 saturated heterocycles. The molecule has 4 heteroatoms. The molecule has 2 nitrogen and oxygen atoms in total. The smallest absolute Gasteiger partial charge is 0.313 e. The van der Waals surface area contributed by atoms with Crippen molar-refractivity contribution in [2.24, 2.45) is 10.8 Å². The largest absolute Gasteiger partial charge is 1.00 e. The topological polar surface area (TPSA) is 8.72 Å². The van der Waals surface area contributed by atoms with E-state index in [1.807, 2.05) is 0 Å². The fourth-order valence-electron chi connectivity index (χ4n) is 1.41. The Morgan fingerprint density at radius 3 is 1.12 bits per heavy atom. The van der Waals surface area contributed by atoms with Crippen LogP contribution in [0.5, 0.6) is 0 Å². The molecule has 0 aliphatic rings. The van der Waals surface area contributed by atoms with Crippen molar-refractivity contribution < 1.29 is 44.8 Å². The van der Waals surface area contributed by atoms with Gasteiger partial charge in [-0.25, -0.2) is 13.1 Å². The molecule has 0 bridgehead atoms. The van der Waals surface area contributed by atoms with Gasteiger partial charge in [-0.3, -0.25) is 0 Å². The van der Waals surface area contributed by atoms with Gasteiger partial charge < -0.3 is 9.69 Å². The van der Waals surface area contributed by atoms with Gasteiger partial charge in [0, 0.05) is 10.8 Å². The van der Waals surface area contributed by atoms with E-state index in [-0.39, 0.29) is 67.7 Å². The van der Waals surface area contributed by atoms with Gasteiger partial charge in [-0.15, -0.1) is 0 Å². The molecule has 17 heavy (non-hydrogen) atoms. The van der Waals surface area contributed by atoms with Crippen molar-refractivity contribution in [2.75, 3.05) is 0 Å². The van der Waals surface area contributed by atoms with Gasteiger partial charge >= 0.3 is 44.8 Å². The third-order valence-electron chi connectivity index (χ3n) is 2.76. The van der Waals surface area contributed by atoms with E-state index >= 15 is 0 Å². The zero-order chi connectivity index (χ0) is 12.3. The fraction of sp³-hybridized carbons (Fsp3) is 0.846. The van der Waals surface area contributed by atoms with Gasteiger partial charge in [0.25, 0.3) is 0 Å². The Kier molecular flexibility index (Phi) is 11.4. The number of hydrogen-bond acceptors (Lipinski definition) is 0. The summed E-state index contributed by atoms with van der Waals surface area (Å²) in [6.07, 6.45) is 0.681. The summed E-state index contributed by atoms with van der Waals surface area (Å²) >= 11 is 0. The first-order chi connectivity index (χ1) is 6.62. The summed E-state index contributed by atoms with van der Waals surface area (Å²) in [7, 11) is 0. The summed E-state index contributed by atoms with van der Waals surface area (Å²) in [6.45, 7) is 26.8. The van der Waals surface area contributed by atoms with Crippen LogP contribution >= 0.6 is 0 Å². The average Bonchev–Trinajstić information content (AvgIpc) is 2.01. The summed E-state index contributed by atoms with van der Waals surface area (Å²) < 4.78 is 0. The summed E-state index contributed by atoms with van der Waals surface area (Å²) in [6, 6.07) is -0.119. The summed E-state index contributed by atoms with van der Waals surface area (Å²) in [5.74, 6) is 0. The van der Waals surface area contributed by atoms with Gasteiger partial charge in [0.1, 0.15) is 0 Å². The minimum absolute atomic E-state index is 0. The van der Waals surface area contributed by atoms with Crippen molar-refractivity contribution in [3.05, 3.63) is 22.8 Å². The van der Waals surface area contributed by atoms with Crippen LogP contribution in [0.4, 0.5) is 0 Å². The Morgan fingerprint density at radius 1 is 0.765 bits per heavy atom. The maximum Gasteiger partial charge on any atom is 1.00 e. The normalized spacial score (nSPS) is 14.4. The van der Waals surface area contributed by atoms with Crippen LogP contribution in [-0.2, 0) is 44.8 Å². The van der Waals surface area contributed by atoms with E-state index in [0.717, 1.165) is 0 Å². The molecule has 0 spiro atoms. The average molecular weight is 600 g/mol. The molecule has 0 radical (unpaired) electrons. The van der Waals surface area contributed by atoms with Crippen LogP contribution in [0.2, 0.25) is 0 Å². The molecule has 0 fully saturated rings. The predicted octanol–water partition coefficient (Wildman–Crippen LogP) is 4.04. The van der Waals surface area contributed by atoms with Crippen LogP contribution in [0, 0.1) is 24.0 Å². The fourth-order valence-corrected chi connectivity index (χ4v) is 1.41. The van der Waals surface area contributed by atoms with Crippen molar-refractivity contribution in [2.45, 2.75) is 60.0 Å². The van der Waals surface area contributed by atoms with E-state index in [0.29, 0.717) is 6.42 Å². The molecule has 0 aromatic carbocycles. The van der Waals surface area contributed by atoms with E-state index in [2.05, 4.69) is 51.2 Å². The van der Waals surface area contributed by atoms with Gasteiger partial charge in [0.05, 0.1) is 6.42 Å². The van der Waals surface area contributed by atoms with Crippen molar-refractivity contribution in [3.63, 3.8) is 0 Å². The molecule has 2 unspecified atom stereocenters. The Labute approximate surface area is 138 Å². The second-order valence-corrected chi connectivity index (χ2v) is 6.26. The SMILES string of the molecule is [Au+].[Au+].[C-]#[N+]C(CC([N+]#[C-])C(C)(C)C)C(C)(C)C. The molecule has 0 aromatic heterocycles. The van der Waals surface area contributed by atoms with Crippen LogP contribution in [0.25, 0.3) is 9.69 Å². The second-order valence-electron chi connectivity index (χ2n) is 6.26. The monoisotopic (exact) mass is 600 g/mol. The Balaban J connectivity index is -0.000000980. The Bertz CT molecular complexity index is 257. The summed E-state index contributed by atoms with van der Waals surface area (Å²) in [5.41, 5.74) is -0.0636. The number of nitrogens with zero attached hydrogens (tertiary/aromatic N) is 2. The van der Waals surface area contributed by atoms with Gasteiger partial charge in [-0.2, -0.15) is 0 Å². The van der Waals surface area contributed by atoms with E-state index in [1.165, 1.54) is 0 Å². The number of rotatable bonds is 2. The van der Waals surface area contributed by atoms with Gasteiger partial charge in [-0.1, -0.05) is 41.5 Å². The molecule has 0 heterocycles. The first-order valence-corrected chi connectivity index (χ1v) is 5.36. The van der Waals surface area contributed by atoms with Crippen LogP contribution in [0.1, 0.15) is 48.0 Å². The molecule has 0 amide bonds. The molecule has 104 valence electrons. The van der Waals surface area contributed by atoms with Crippen LogP contribution in [0.3, 0.4) is 0 Å². The summed E-state index contributed by atoms with van der Waals surface area (Å²) in [4.78, 5) is 7.33. The molecule has 0 aliphatic heterocycles. The first kappa shape index (κ1) is 22.6. The molecular formula is C13H22Au2N2+2. The van der Waals surface area contributed by atoms with E-state index in [4.69, 9.17) is 13.1 Å². The maximum absolute atomic E-state index is 7.21. The minimum atomic E-state index is -0.0594. The van der Waals surface area contributed by atoms with Crippen LogP contribution < -0.4 is 0 Å². The zero-order valence-corrected chi connectivity index (χ0v) is 15.7. The predicted molar refractivity (Wildman–Crippen MR) is 64.3 cm³/mol. The third kappa shape index (κ3) is 8.22. The molecule has 0 aliphatic carbocycles. The van der Waals surface area contributed by atoms with Gasteiger partial charge in [0.15, 0.2) is 0 Å². The van der Waals surface area contributed by atoms with Crippen molar-refractivity contribution in [3.8, 4) is 0 Å². The molecule has 0 saturated carbocycles. The van der Waals surface area contributed by atoms with Crippen molar-refractivity contribution in [1.82, 2.24) is 0 Å². The molecule has 0 rings (SSSR count). The van der Waals surface area contributed by atoms with Crippen LogP contribution in [-0.4, -0.2) is 12.1 Å². The van der Waals surface area contributed by atoms with E-state index in [9.17, 15) is 0 Å². The van der Waals surface area contributed by atoms with Gasteiger partial charge in [0.2, 0.25) is 12.1 Å². The maximum atomic E-state index is 7.21. The van der Waals surface area contributed by atoms with Gasteiger partial charge in [-0.05, 0) is 0 Å². The third-order valence-corrected chi connectivity index (χ3v) is 2.76. The van der Waals surface area contributed by atoms with Crippen LogP contribution in [0.15, 0.2) is 0 Å². The minimum Gasteiger partial charge on any atom is -0.313 e. The Hall–Kier alpha value is 0.461. The zero-order valence-electron chi connectivity index (χ0n) is 11.4. The quantitative estimate of drug-likeness (QED) is 0.335. The molecular weight excluding hydrogens is 578 g/mol. The van der Waals surface area contributed by atoms with Crippen molar-refractivity contribution in [1.29, 1.82) is 0 Å². The molecule has 2 atom stereocenters. The molecule has 0 N–H and O–H groups in total. The summed E-state index contributed by atoms with van der Waals surface area (Å²) in [5, 5.41) is 0. The standard InChI is InChI=1S/C13H22N2.2Au/c1-12(2,3)10(14-7)9-11(15-8)13(4,5)6;;/h10-11H,9H2,1-6H3;;/q;2*+1. The number of hydrogen-bond donors (Lipinski definition) is 0. The first-order valence-electron chi connectivity index (χ1n) is 5.36. The van der Waals surface area contributed by atoms with Crippen molar-refractivity contribution >= 4 is 0 Å². The van der Waals surface area contributed by atoms with E-state index in [1.54, 1.807) is 0 Å². The second kappa shape index (κ2) is 8.54. The van der Waals surface area contributed by atoms with E-state index < -0.39 is 0 Å².